The molecule has 106 valence electrons. The predicted molar refractivity (Wildman–Crippen MR) is 73.2 cm³/mol. The van der Waals surface area contributed by atoms with E-state index in [9.17, 15) is 9.90 Å². The van der Waals surface area contributed by atoms with Gasteiger partial charge in [-0.15, -0.1) is 11.6 Å². The molecule has 0 aliphatic heterocycles. The topological polar surface area (TPSA) is 66.8 Å². The number of carboxylic acid groups (broad SMARTS) is 1. The second-order valence-corrected chi connectivity index (χ2v) is 4.81. The molecule has 0 saturated heterocycles. The van der Waals surface area contributed by atoms with Crippen LogP contribution in [0.5, 0.6) is 0 Å². The Bertz CT molecular complexity index is 382. The summed E-state index contributed by atoms with van der Waals surface area (Å²) >= 11 is 5.78. The van der Waals surface area contributed by atoms with E-state index in [1.807, 2.05) is 30.3 Å². The third-order valence-corrected chi connectivity index (χ3v) is 3.32. The van der Waals surface area contributed by atoms with Crippen LogP contribution in [0, 0.1) is 5.92 Å². The van der Waals surface area contributed by atoms with Crippen LogP contribution in [0.25, 0.3) is 0 Å². The van der Waals surface area contributed by atoms with Gasteiger partial charge in [-0.1, -0.05) is 30.3 Å². The summed E-state index contributed by atoms with van der Waals surface area (Å²) in [4.78, 5) is 10.8. The molecule has 0 spiro atoms. The number of aliphatic hydroxyl groups excluding tert-OH is 1. The lowest BCUT2D eigenvalue weighted by atomic mass is 10.00. The molecule has 1 rings (SSSR count). The number of carboxylic acids is 1. The minimum absolute atomic E-state index is 0.212. The number of hydrogen-bond donors (Lipinski definition) is 2. The van der Waals surface area contributed by atoms with Crippen LogP contribution in [0.15, 0.2) is 30.3 Å². The van der Waals surface area contributed by atoms with Gasteiger partial charge in [-0.05, 0) is 12.5 Å². The lowest BCUT2D eigenvalue weighted by Crippen LogP contribution is -2.31. The number of benzene rings is 1. The van der Waals surface area contributed by atoms with E-state index in [-0.39, 0.29) is 18.4 Å². The van der Waals surface area contributed by atoms with E-state index in [0.29, 0.717) is 6.61 Å². The Balaban J connectivity index is 2.43. The van der Waals surface area contributed by atoms with Gasteiger partial charge in [-0.3, -0.25) is 4.79 Å². The second-order valence-electron chi connectivity index (χ2n) is 4.50. The first-order valence-corrected chi connectivity index (χ1v) is 6.70. The summed E-state index contributed by atoms with van der Waals surface area (Å²) in [7, 11) is 0. The zero-order chi connectivity index (χ0) is 14.3. The Labute approximate surface area is 118 Å². The van der Waals surface area contributed by atoms with Crippen molar-refractivity contribution in [2.75, 3.05) is 5.88 Å². The van der Waals surface area contributed by atoms with E-state index in [1.165, 1.54) is 6.92 Å². The summed E-state index contributed by atoms with van der Waals surface area (Å²) in [5, 5.41) is 18.6. The van der Waals surface area contributed by atoms with Crippen molar-refractivity contribution in [3.63, 3.8) is 0 Å². The minimum Gasteiger partial charge on any atom is -0.481 e. The van der Waals surface area contributed by atoms with E-state index in [2.05, 4.69) is 0 Å². The van der Waals surface area contributed by atoms with Crippen LogP contribution in [-0.4, -0.2) is 34.3 Å². The maximum absolute atomic E-state index is 10.8. The SMILES string of the molecule is C[C@H](C(=O)O)[C@@H](O)C[C@@H](CCl)OCc1ccccc1. The van der Waals surface area contributed by atoms with Crippen molar-refractivity contribution in [1.29, 1.82) is 0 Å². The summed E-state index contributed by atoms with van der Waals surface area (Å²) in [6.07, 6.45) is -1.11. The highest BCUT2D eigenvalue weighted by molar-refractivity contribution is 6.18. The maximum Gasteiger partial charge on any atom is 0.308 e. The fourth-order valence-corrected chi connectivity index (χ4v) is 1.82. The predicted octanol–water partition coefficient (Wildman–Crippen LogP) is 2.28. The van der Waals surface area contributed by atoms with Crippen LogP contribution in [0.1, 0.15) is 18.9 Å². The molecular weight excluding hydrogens is 268 g/mol. The highest BCUT2D eigenvalue weighted by Gasteiger charge is 2.24. The van der Waals surface area contributed by atoms with Crippen molar-refractivity contribution in [1.82, 2.24) is 0 Å². The summed E-state index contributed by atoms with van der Waals surface area (Å²) in [5.41, 5.74) is 1.01. The van der Waals surface area contributed by atoms with Crippen LogP contribution >= 0.6 is 11.6 Å². The molecule has 0 aromatic heterocycles. The third-order valence-electron chi connectivity index (χ3n) is 2.97. The molecule has 2 N–H and O–H groups in total. The Hall–Kier alpha value is -1.10. The van der Waals surface area contributed by atoms with Crippen LogP contribution in [0.3, 0.4) is 0 Å². The lowest BCUT2D eigenvalue weighted by molar-refractivity contribution is -0.145. The lowest BCUT2D eigenvalue weighted by Gasteiger charge is -2.21. The van der Waals surface area contributed by atoms with Gasteiger partial charge >= 0.3 is 5.97 Å². The number of aliphatic carboxylic acids is 1. The van der Waals surface area contributed by atoms with E-state index in [1.54, 1.807) is 0 Å². The number of alkyl halides is 1. The summed E-state index contributed by atoms with van der Waals surface area (Å²) < 4.78 is 5.59. The van der Waals surface area contributed by atoms with Gasteiger partial charge in [0.25, 0.3) is 0 Å². The zero-order valence-electron chi connectivity index (χ0n) is 10.8. The third kappa shape index (κ3) is 5.59. The van der Waals surface area contributed by atoms with E-state index in [4.69, 9.17) is 21.4 Å². The average molecular weight is 287 g/mol. The van der Waals surface area contributed by atoms with Gasteiger partial charge < -0.3 is 14.9 Å². The van der Waals surface area contributed by atoms with Crippen molar-refractivity contribution < 1.29 is 19.7 Å². The molecule has 1 aromatic carbocycles. The Morgan fingerprint density at radius 3 is 2.53 bits per heavy atom. The van der Waals surface area contributed by atoms with Crippen LogP contribution in [0.4, 0.5) is 0 Å². The van der Waals surface area contributed by atoms with Crippen molar-refractivity contribution in [2.24, 2.45) is 5.92 Å². The largest absolute Gasteiger partial charge is 0.481 e. The fourth-order valence-electron chi connectivity index (χ4n) is 1.60. The summed E-state index contributed by atoms with van der Waals surface area (Å²) in [5.74, 6) is -1.63. The summed E-state index contributed by atoms with van der Waals surface area (Å²) in [6, 6.07) is 9.61. The van der Waals surface area contributed by atoms with Crippen LogP contribution < -0.4 is 0 Å². The fraction of sp³-hybridized carbons (Fsp3) is 0.500. The van der Waals surface area contributed by atoms with E-state index < -0.39 is 18.0 Å². The van der Waals surface area contributed by atoms with Gasteiger partial charge in [0.2, 0.25) is 0 Å². The molecule has 4 nitrogen and oxygen atoms in total. The number of hydrogen-bond acceptors (Lipinski definition) is 3. The molecule has 0 aliphatic carbocycles. The number of halogens is 1. The highest BCUT2D eigenvalue weighted by atomic mass is 35.5. The first-order chi connectivity index (χ1) is 9.04. The second kappa shape index (κ2) is 8.15. The van der Waals surface area contributed by atoms with Crippen LogP contribution in [0.2, 0.25) is 0 Å². The minimum atomic E-state index is -1.02. The molecule has 0 bridgehead atoms. The quantitative estimate of drug-likeness (QED) is 0.720. The number of ether oxygens (including phenoxy) is 1. The van der Waals surface area contributed by atoms with Crippen molar-refractivity contribution >= 4 is 17.6 Å². The Morgan fingerprint density at radius 2 is 2.00 bits per heavy atom. The molecule has 5 heteroatoms. The molecule has 3 atom stereocenters. The van der Waals surface area contributed by atoms with Gasteiger partial charge in [0, 0.05) is 12.3 Å². The molecule has 0 radical (unpaired) electrons. The van der Waals surface area contributed by atoms with Gasteiger partial charge in [-0.2, -0.15) is 0 Å². The van der Waals surface area contributed by atoms with Gasteiger partial charge in [-0.25, -0.2) is 0 Å². The maximum atomic E-state index is 10.8. The molecule has 0 unspecified atom stereocenters. The highest BCUT2D eigenvalue weighted by Crippen LogP contribution is 2.14. The smallest absolute Gasteiger partial charge is 0.308 e. The number of carbonyl (C=O) groups is 1. The molecular formula is C14H19ClO4. The van der Waals surface area contributed by atoms with Gasteiger partial charge in [0.15, 0.2) is 0 Å². The normalized spacial score (nSPS) is 15.7. The van der Waals surface area contributed by atoms with Crippen LogP contribution in [-0.2, 0) is 16.1 Å². The first-order valence-electron chi connectivity index (χ1n) is 6.17. The van der Waals surface area contributed by atoms with Gasteiger partial charge in [0.05, 0.1) is 24.7 Å². The molecule has 1 aromatic rings. The van der Waals surface area contributed by atoms with Crippen molar-refractivity contribution in [2.45, 2.75) is 32.2 Å². The molecule has 0 saturated carbocycles. The average Bonchev–Trinajstić information content (AvgIpc) is 2.43. The monoisotopic (exact) mass is 286 g/mol. The van der Waals surface area contributed by atoms with Gasteiger partial charge in [0.1, 0.15) is 0 Å². The van der Waals surface area contributed by atoms with E-state index in [0.717, 1.165) is 5.56 Å². The van der Waals surface area contributed by atoms with E-state index >= 15 is 0 Å². The molecule has 0 heterocycles. The number of rotatable bonds is 8. The zero-order valence-corrected chi connectivity index (χ0v) is 11.6. The van der Waals surface area contributed by atoms with Crippen molar-refractivity contribution in [3.8, 4) is 0 Å². The Kier molecular flexibility index (Phi) is 6.84. The molecule has 0 amide bonds. The summed E-state index contributed by atoms with van der Waals surface area (Å²) in [6.45, 7) is 1.86. The standard InChI is InChI=1S/C14H19ClO4/c1-10(14(17)18)13(16)7-12(8-15)19-9-11-5-3-2-4-6-11/h2-6,10,12-13,16H,7-9H2,1H3,(H,17,18)/t10-,12-,13-/m0/s1. The molecule has 19 heavy (non-hydrogen) atoms. The molecule has 0 aliphatic rings. The first kappa shape index (κ1) is 16.0. The molecule has 0 fully saturated rings. The number of aliphatic hydroxyl groups is 1. The van der Waals surface area contributed by atoms with Crippen molar-refractivity contribution in [3.05, 3.63) is 35.9 Å². The Morgan fingerprint density at radius 1 is 1.37 bits per heavy atom.